The molecule has 0 atom stereocenters. The molecular formula is C13H18BrN5O. The van der Waals surface area contributed by atoms with E-state index in [-0.39, 0.29) is 5.91 Å². The Kier molecular flexibility index (Phi) is 4.59. The summed E-state index contributed by atoms with van der Waals surface area (Å²) in [7, 11) is 1.82. The van der Waals surface area contributed by atoms with Crippen LogP contribution in [0.5, 0.6) is 0 Å². The van der Waals surface area contributed by atoms with E-state index in [0.717, 1.165) is 28.8 Å². The minimum Gasteiger partial charge on any atom is -0.351 e. The third-order valence-electron chi connectivity index (χ3n) is 3.24. The second kappa shape index (κ2) is 6.21. The van der Waals surface area contributed by atoms with E-state index in [1.807, 2.05) is 31.6 Å². The number of hydrogen-bond donors (Lipinski definition) is 1. The molecule has 1 N–H and O–H groups in total. The predicted octanol–water partition coefficient (Wildman–Crippen LogP) is 1.82. The van der Waals surface area contributed by atoms with E-state index < -0.39 is 0 Å². The van der Waals surface area contributed by atoms with Crippen molar-refractivity contribution in [2.45, 2.75) is 26.8 Å². The molecule has 2 rings (SSSR count). The van der Waals surface area contributed by atoms with E-state index in [2.05, 4.69) is 31.4 Å². The van der Waals surface area contributed by atoms with Gasteiger partial charge in [0.05, 0.1) is 10.2 Å². The maximum absolute atomic E-state index is 12.0. The molecule has 108 valence electrons. The summed E-state index contributed by atoms with van der Waals surface area (Å²) in [4.78, 5) is 12.0. The Hall–Kier alpha value is -1.63. The first kappa shape index (κ1) is 14.8. The Morgan fingerprint density at radius 3 is 2.75 bits per heavy atom. The normalized spacial score (nSPS) is 10.8. The Balaban J connectivity index is 1.83. The van der Waals surface area contributed by atoms with Crippen molar-refractivity contribution in [2.24, 2.45) is 7.05 Å². The molecule has 0 aliphatic carbocycles. The minimum absolute atomic E-state index is 0.155. The van der Waals surface area contributed by atoms with Crippen molar-refractivity contribution >= 4 is 21.8 Å². The van der Waals surface area contributed by atoms with Crippen LogP contribution in [0.25, 0.3) is 0 Å². The molecule has 0 unspecified atom stereocenters. The van der Waals surface area contributed by atoms with Crippen LogP contribution in [0.2, 0.25) is 0 Å². The van der Waals surface area contributed by atoms with Crippen molar-refractivity contribution in [2.75, 3.05) is 6.54 Å². The smallest absolute Gasteiger partial charge is 0.272 e. The molecule has 0 bridgehead atoms. The Bertz CT molecular complexity index is 616. The van der Waals surface area contributed by atoms with Gasteiger partial charge in [-0.25, -0.2) is 0 Å². The molecular weight excluding hydrogens is 322 g/mol. The largest absolute Gasteiger partial charge is 0.351 e. The zero-order valence-electron chi connectivity index (χ0n) is 11.9. The van der Waals surface area contributed by atoms with Gasteiger partial charge in [0.15, 0.2) is 5.69 Å². The summed E-state index contributed by atoms with van der Waals surface area (Å²) in [6.45, 7) is 5.31. The summed E-state index contributed by atoms with van der Waals surface area (Å²) in [6.07, 6.45) is 2.61. The summed E-state index contributed by atoms with van der Waals surface area (Å²) in [5.74, 6) is -0.155. The first-order chi connectivity index (χ1) is 9.50. The van der Waals surface area contributed by atoms with Crippen molar-refractivity contribution < 1.29 is 4.79 Å². The fourth-order valence-corrected chi connectivity index (χ4v) is 2.39. The lowest BCUT2D eigenvalue weighted by Crippen LogP contribution is -2.26. The van der Waals surface area contributed by atoms with Gasteiger partial charge in [0.1, 0.15) is 0 Å². The molecule has 0 aliphatic heterocycles. The highest BCUT2D eigenvalue weighted by molar-refractivity contribution is 9.10. The van der Waals surface area contributed by atoms with E-state index in [9.17, 15) is 4.79 Å². The van der Waals surface area contributed by atoms with Gasteiger partial charge in [-0.05, 0) is 42.3 Å². The van der Waals surface area contributed by atoms with Crippen LogP contribution >= 0.6 is 15.9 Å². The third-order valence-corrected chi connectivity index (χ3v) is 4.19. The lowest BCUT2D eigenvalue weighted by atomic mass is 10.3. The highest BCUT2D eigenvalue weighted by Crippen LogP contribution is 2.19. The number of aromatic nitrogens is 4. The highest BCUT2D eigenvalue weighted by Gasteiger charge is 2.16. The fraction of sp³-hybridized carbons (Fsp3) is 0.462. The molecule has 0 spiro atoms. The van der Waals surface area contributed by atoms with Gasteiger partial charge in [0.2, 0.25) is 0 Å². The molecule has 0 saturated heterocycles. The zero-order chi connectivity index (χ0) is 14.7. The van der Waals surface area contributed by atoms with Crippen LogP contribution in [0.4, 0.5) is 0 Å². The summed E-state index contributed by atoms with van der Waals surface area (Å²) < 4.78 is 4.36. The average molecular weight is 340 g/mol. The number of aryl methyl sites for hydroxylation is 3. The van der Waals surface area contributed by atoms with Crippen molar-refractivity contribution in [3.63, 3.8) is 0 Å². The molecule has 6 nitrogen and oxygen atoms in total. The van der Waals surface area contributed by atoms with Gasteiger partial charge >= 0.3 is 0 Å². The summed E-state index contributed by atoms with van der Waals surface area (Å²) >= 11 is 3.39. The Labute approximate surface area is 126 Å². The van der Waals surface area contributed by atoms with Crippen LogP contribution in [0.15, 0.2) is 16.7 Å². The number of rotatable bonds is 5. The maximum atomic E-state index is 12.0. The minimum atomic E-state index is -0.155. The molecule has 20 heavy (non-hydrogen) atoms. The zero-order valence-corrected chi connectivity index (χ0v) is 13.4. The standard InChI is InChI=1S/C13H18BrN5O/c1-9-5-7-16-19(9)8-4-6-15-13(20)12-11(14)10(2)18(3)17-12/h5,7H,4,6,8H2,1-3H3,(H,15,20). The molecule has 0 radical (unpaired) electrons. The van der Waals surface area contributed by atoms with Gasteiger partial charge in [-0.15, -0.1) is 0 Å². The average Bonchev–Trinajstić information content (AvgIpc) is 2.94. The molecule has 7 heteroatoms. The van der Waals surface area contributed by atoms with Crippen LogP contribution in [0, 0.1) is 13.8 Å². The van der Waals surface area contributed by atoms with Crippen LogP contribution in [0.3, 0.4) is 0 Å². The van der Waals surface area contributed by atoms with Gasteiger partial charge in [0, 0.05) is 32.0 Å². The SMILES string of the molecule is Cc1c(Br)c(C(=O)NCCCn2nccc2C)nn1C. The topological polar surface area (TPSA) is 64.7 Å². The maximum Gasteiger partial charge on any atom is 0.272 e. The van der Waals surface area contributed by atoms with Crippen molar-refractivity contribution in [1.82, 2.24) is 24.9 Å². The predicted molar refractivity (Wildman–Crippen MR) is 79.6 cm³/mol. The molecule has 0 saturated carbocycles. The molecule has 2 aromatic heterocycles. The lowest BCUT2D eigenvalue weighted by molar-refractivity contribution is 0.0946. The molecule has 0 fully saturated rings. The summed E-state index contributed by atoms with van der Waals surface area (Å²) in [5, 5.41) is 11.3. The monoisotopic (exact) mass is 339 g/mol. The van der Waals surface area contributed by atoms with E-state index in [1.165, 1.54) is 0 Å². The first-order valence-electron chi connectivity index (χ1n) is 6.46. The van der Waals surface area contributed by atoms with Crippen LogP contribution in [-0.4, -0.2) is 32.0 Å². The molecule has 2 heterocycles. The highest BCUT2D eigenvalue weighted by atomic mass is 79.9. The van der Waals surface area contributed by atoms with Crippen molar-refractivity contribution in [3.05, 3.63) is 33.8 Å². The number of carbonyl (C=O) groups is 1. The molecule has 0 aromatic carbocycles. The van der Waals surface area contributed by atoms with Crippen molar-refractivity contribution in [1.29, 1.82) is 0 Å². The number of nitrogens with one attached hydrogen (secondary N) is 1. The second-order valence-electron chi connectivity index (χ2n) is 4.68. The van der Waals surface area contributed by atoms with Gasteiger partial charge in [-0.3, -0.25) is 14.2 Å². The van der Waals surface area contributed by atoms with E-state index in [0.29, 0.717) is 12.2 Å². The van der Waals surface area contributed by atoms with Crippen LogP contribution in [0.1, 0.15) is 28.3 Å². The van der Waals surface area contributed by atoms with Gasteiger partial charge < -0.3 is 5.32 Å². The number of hydrogen-bond acceptors (Lipinski definition) is 3. The first-order valence-corrected chi connectivity index (χ1v) is 7.25. The number of amides is 1. The molecule has 0 aliphatic rings. The third kappa shape index (κ3) is 3.09. The van der Waals surface area contributed by atoms with Gasteiger partial charge in [0.25, 0.3) is 5.91 Å². The van der Waals surface area contributed by atoms with E-state index in [4.69, 9.17) is 0 Å². The Morgan fingerprint density at radius 2 is 2.20 bits per heavy atom. The quantitative estimate of drug-likeness (QED) is 0.845. The number of halogens is 1. The second-order valence-corrected chi connectivity index (χ2v) is 5.47. The summed E-state index contributed by atoms with van der Waals surface area (Å²) in [5.41, 5.74) is 2.49. The van der Waals surface area contributed by atoms with Gasteiger partial charge in [-0.2, -0.15) is 10.2 Å². The summed E-state index contributed by atoms with van der Waals surface area (Å²) in [6, 6.07) is 1.96. The van der Waals surface area contributed by atoms with Crippen LogP contribution in [-0.2, 0) is 13.6 Å². The molecule has 2 aromatic rings. The van der Waals surface area contributed by atoms with E-state index in [1.54, 1.807) is 10.9 Å². The Morgan fingerprint density at radius 1 is 1.45 bits per heavy atom. The number of nitrogens with zero attached hydrogens (tertiary/aromatic N) is 4. The van der Waals surface area contributed by atoms with Crippen LogP contribution < -0.4 is 5.32 Å². The lowest BCUT2D eigenvalue weighted by Gasteiger charge is -2.05. The van der Waals surface area contributed by atoms with E-state index >= 15 is 0 Å². The molecule has 1 amide bonds. The number of carbonyl (C=O) groups excluding carboxylic acids is 1. The fourth-order valence-electron chi connectivity index (χ4n) is 1.87. The van der Waals surface area contributed by atoms with Gasteiger partial charge in [-0.1, -0.05) is 0 Å². The van der Waals surface area contributed by atoms with Crippen molar-refractivity contribution in [3.8, 4) is 0 Å².